The number of nitrogens with zero attached hydrogens (tertiary/aromatic N) is 6. The molecule has 2 heterocycles. The second kappa shape index (κ2) is 9.32. The van der Waals surface area contributed by atoms with Crippen LogP contribution in [-0.4, -0.2) is 75.3 Å². The van der Waals surface area contributed by atoms with E-state index in [4.69, 9.17) is 17.0 Å². The van der Waals surface area contributed by atoms with Crippen molar-refractivity contribution >= 4 is 23.0 Å². The van der Waals surface area contributed by atoms with E-state index < -0.39 is 0 Å². The summed E-state index contributed by atoms with van der Waals surface area (Å²) in [6.45, 7) is 7.17. The van der Waals surface area contributed by atoms with E-state index in [2.05, 4.69) is 36.3 Å². The molecule has 1 aromatic carbocycles. The Balaban J connectivity index is 1.48. The Hall–Kier alpha value is -2.43. The number of hydrogen-bond acceptors (Lipinski definition) is 7. The summed E-state index contributed by atoms with van der Waals surface area (Å²) in [7, 11) is 0. The van der Waals surface area contributed by atoms with Crippen LogP contribution in [0.2, 0.25) is 0 Å². The highest BCUT2D eigenvalue weighted by atomic mass is 32.1. The van der Waals surface area contributed by atoms with Gasteiger partial charge < -0.3 is 10.1 Å². The highest BCUT2D eigenvalue weighted by Gasteiger charge is 2.09. The van der Waals surface area contributed by atoms with E-state index in [-0.39, 0.29) is 0 Å². The number of thiocarbonyl (C=S) groups is 1. The molecule has 0 spiro atoms. The summed E-state index contributed by atoms with van der Waals surface area (Å²) in [4.78, 5) is 2.35. The lowest BCUT2D eigenvalue weighted by atomic mass is 10.1. The average Bonchev–Trinajstić information content (AvgIpc) is 3.22. The van der Waals surface area contributed by atoms with Crippen molar-refractivity contribution in [3.63, 3.8) is 0 Å². The highest BCUT2D eigenvalue weighted by molar-refractivity contribution is 7.80. The van der Waals surface area contributed by atoms with E-state index in [1.165, 1.54) is 0 Å². The van der Waals surface area contributed by atoms with Crippen molar-refractivity contribution < 1.29 is 4.74 Å². The second-order valence-corrected chi connectivity index (χ2v) is 6.23. The van der Waals surface area contributed by atoms with Crippen molar-refractivity contribution in [3.8, 4) is 5.69 Å². The van der Waals surface area contributed by atoms with Gasteiger partial charge in [-0.25, -0.2) is 4.68 Å². The van der Waals surface area contributed by atoms with E-state index >= 15 is 0 Å². The van der Waals surface area contributed by atoms with Gasteiger partial charge >= 0.3 is 0 Å². The Bertz CT molecular complexity index is 742. The molecule has 3 rings (SSSR count). The third kappa shape index (κ3) is 5.28. The Morgan fingerprint density at radius 2 is 2.19 bits per heavy atom. The average molecular weight is 374 g/mol. The van der Waals surface area contributed by atoms with E-state index in [1.807, 2.05) is 31.2 Å². The molecule has 0 amide bonds. The molecule has 0 saturated carbocycles. The van der Waals surface area contributed by atoms with Crippen molar-refractivity contribution in [1.82, 2.24) is 35.8 Å². The van der Waals surface area contributed by atoms with Gasteiger partial charge in [-0.2, -0.15) is 5.10 Å². The van der Waals surface area contributed by atoms with Crippen LogP contribution in [0.4, 0.5) is 0 Å². The monoisotopic (exact) mass is 374 g/mol. The fraction of sp³-hybridized carbons (Fsp3) is 0.438. The topological polar surface area (TPSA) is 92.5 Å². The standard InChI is InChI=1S/C16H22N8OS/c1-13(14-3-2-4-15(11-14)24-12-18-21-22-24)19-20-16(26)17-5-6-23-7-9-25-10-8-23/h2-4,11-12H,5-10H2,1H3,(H2,17,20,26)/b19-13-. The zero-order chi connectivity index (χ0) is 18.2. The molecule has 0 atom stereocenters. The number of rotatable bonds is 6. The van der Waals surface area contributed by atoms with Crippen LogP contribution in [0.15, 0.2) is 35.7 Å². The predicted octanol–water partition coefficient (Wildman–Crippen LogP) is 0.183. The molecule has 0 radical (unpaired) electrons. The maximum absolute atomic E-state index is 5.34. The molecule has 1 aromatic heterocycles. The lowest BCUT2D eigenvalue weighted by Gasteiger charge is -2.26. The van der Waals surface area contributed by atoms with Crippen LogP contribution in [0.1, 0.15) is 12.5 Å². The first kappa shape index (κ1) is 18.4. The number of aromatic nitrogens is 4. The van der Waals surface area contributed by atoms with Crippen LogP contribution in [0, 0.1) is 0 Å². The van der Waals surface area contributed by atoms with Crippen molar-refractivity contribution in [3.05, 3.63) is 36.2 Å². The number of tetrazole rings is 1. The van der Waals surface area contributed by atoms with Gasteiger partial charge in [0, 0.05) is 26.2 Å². The fourth-order valence-electron chi connectivity index (χ4n) is 2.54. The minimum atomic E-state index is 0.509. The lowest BCUT2D eigenvalue weighted by Crippen LogP contribution is -2.42. The van der Waals surface area contributed by atoms with Crippen LogP contribution in [0.5, 0.6) is 0 Å². The first-order valence-electron chi connectivity index (χ1n) is 8.44. The van der Waals surface area contributed by atoms with Crippen molar-refractivity contribution in [2.24, 2.45) is 5.10 Å². The van der Waals surface area contributed by atoms with E-state index in [0.717, 1.165) is 56.4 Å². The van der Waals surface area contributed by atoms with Crippen molar-refractivity contribution in [2.75, 3.05) is 39.4 Å². The highest BCUT2D eigenvalue weighted by Crippen LogP contribution is 2.09. The zero-order valence-electron chi connectivity index (χ0n) is 14.6. The van der Waals surface area contributed by atoms with Crippen LogP contribution >= 0.6 is 12.2 Å². The molecule has 1 saturated heterocycles. The van der Waals surface area contributed by atoms with Gasteiger partial charge in [0.25, 0.3) is 0 Å². The Kier molecular flexibility index (Phi) is 6.58. The summed E-state index contributed by atoms with van der Waals surface area (Å²) in [6, 6.07) is 7.80. The molecular formula is C16H22N8OS. The molecular weight excluding hydrogens is 352 g/mol. The number of hydrogen-bond donors (Lipinski definition) is 2. The van der Waals surface area contributed by atoms with Gasteiger partial charge in [0.2, 0.25) is 0 Å². The van der Waals surface area contributed by atoms with Crippen LogP contribution in [-0.2, 0) is 4.74 Å². The molecule has 10 heteroatoms. The van der Waals surface area contributed by atoms with Gasteiger partial charge in [-0.3, -0.25) is 10.3 Å². The first-order valence-corrected chi connectivity index (χ1v) is 8.85. The predicted molar refractivity (Wildman–Crippen MR) is 102 cm³/mol. The number of morpholine rings is 1. The summed E-state index contributed by atoms with van der Waals surface area (Å²) in [5, 5.41) is 19.2. The van der Waals surface area contributed by atoms with E-state index in [1.54, 1.807) is 11.0 Å². The molecule has 2 N–H and O–H groups in total. The molecule has 1 aliphatic heterocycles. The molecule has 1 aliphatic rings. The van der Waals surface area contributed by atoms with Gasteiger partial charge in [0.1, 0.15) is 6.33 Å². The Labute approximate surface area is 157 Å². The minimum Gasteiger partial charge on any atom is -0.379 e. The summed E-state index contributed by atoms with van der Waals surface area (Å²) in [5.41, 5.74) is 5.54. The molecule has 0 aliphatic carbocycles. The quantitative estimate of drug-likeness (QED) is 0.420. The normalized spacial score (nSPS) is 15.7. The molecule has 26 heavy (non-hydrogen) atoms. The summed E-state index contributed by atoms with van der Waals surface area (Å²) in [5.74, 6) is 0. The number of ether oxygens (including phenoxy) is 1. The second-order valence-electron chi connectivity index (χ2n) is 5.82. The van der Waals surface area contributed by atoms with Gasteiger partial charge in [0.15, 0.2) is 5.11 Å². The largest absolute Gasteiger partial charge is 0.379 e. The number of hydrazone groups is 1. The van der Waals surface area contributed by atoms with Crippen molar-refractivity contribution in [2.45, 2.75) is 6.92 Å². The molecule has 0 unspecified atom stereocenters. The Morgan fingerprint density at radius 1 is 1.35 bits per heavy atom. The fourth-order valence-corrected chi connectivity index (χ4v) is 2.69. The van der Waals surface area contributed by atoms with Crippen LogP contribution < -0.4 is 10.7 Å². The van der Waals surface area contributed by atoms with Crippen LogP contribution in [0.3, 0.4) is 0 Å². The lowest BCUT2D eigenvalue weighted by molar-refractivity contribution is 0.0389. The molecule has 1 fully saturated rings. The summed E-state index contributed by atoms with van der Waals surface area (Å²) in [6.07, 6.45) is 1.55. The molecule has 9 nitrogen and oxygen atoms in total. The van der Waals surface area contributed by atoms with E-state index in [9.17, 15) is 0 Å². The molecule has 0 bridgehead atoms. The van der Waals surface area contributed by atoms with E-state index in [0.29, 0.717) is 5.11 Å². The Morgan fingerprint density at radius 3 is 2.96 bits per heavy atom. The SMILES string of the molecule is C/C(=N/NC(=S)NCCN1CCOCC1)c1cccc(-n2cnnn2)c1. The van der Waals surface area contributed by atoms with Gasteiger partial charge in [0.05, 0.1) is 24.6 Å². The first-order chi connectivity index (χ1) is 12.7. The maximum Gasteiger partial charge on any atom is 0.187 e. The smallest absolute Gasteiger partial charge is 0.187 e. The number of nitrogens with one attached hydrogen (secondary N) is 2. The van der Waals surface area contributed by atoms with Crippen LogP contribution in [0.25, 0.3) is 5.69 Å². The molecule has 2 aromatic rings. The maximum atomic E-state index is 5.34. The summed E-state index contributed by atoms with van der Waals surface area (Å²) < 4.78 is 6.93. The molecule has 138 valence electrons. The minimum absolute atomic E-state index is 0.509. The number of benzene rings is 1. The third-order valence-electron chi connectivity index (χ3n) is 4.02. The van der Waals surface area contributed by atoms with Crippen molar-refractivity contribution in [1.29, 1.82) is 0 Å². The summed E-state index contributed by atoms with van der Waals surface area (Å²) >= 11 is 5.28. The third-order valence-corrected chi connectivity index (χ3v) is 4.26. The van der Waals surface area contributed by atoms with Gasteiger partial charge in [-0.05, 0) is 47.3 Å². The van der Waals surface area contributed by atoms with Gasteiger partial charge in [-0.1, -0.05) is 12.1 Å². The zero-order valence-corrected chi connectivity index (χ0v) is 15.4. The van der Waals surface area contributed by atoms with Gasteiger partial charge in [-0.15, -0.1) is 5.10 Å².